The Bertz CT molecular complexity index is 855. The second kappa shape index (κ2) is 9.75. The molecule has 2 fully saturated rings. The molecule has 2 saturated heterocycles. The van der Waals surface area contributed by atoms with Crippen molar-refractivity contribution >= 4 is 29.5 Å². The molecule has 0 unspecified atom stereocenters. The highest BCUT2D eigenvalue weighted by atomic mass is 32.2. The van der Waals surface area contributed by atoms with E-state index in [2.05, 4.69) is 44.7 Å². The number of anilines is 2. The lowest BCUT2D eigenvalue weighted by molar-refractivity contribution is 0.134. The molecule has 8 heteroatoms. The molecule has 0 radical (unpaired) electrons. The minimum absolute atomic E-state index is 0.0480. The summed E-state index contributed by atoms with van der Waals surface area (Å²) in [7, 11) is 0. The van der Waals surface area contributed by atoms with Gasteiger partial charge in [0.1, 0.15) is 0 Å². The van der Waals surface area contributed by atoms with Gasteiger partial charge < -0.3 is 14.5 Å². The van der Waals surface area contributed by atoms with Gasteiger partial charge in [-0.05, 0) is 43.4 Å². The third kappa shape index (κ3) is 4.92. The molecule has 7 nitrogen and oxygen atoms in total. The van der Waals surface area contributed by atoms with Crippen molar-refractivity contribution in [2.75, 3.05) is 55.1 Å². The molecular weight excluding hydrogens is 396 g/mol. The van der Waals surface area contributed by atoms with Gasteiger partial charge in [0.05, 0.1) is 0 Å². The minimum Gasteiger partial charge on any atom is -0.371 e. The molecule has 1 N–H and O–H groups in total. The number of nitrogens with zero attached hydrogens (tertiary/aromatic N) is 5. The van der Waals surface area contributed by atoms with Gasteiger partial charge in [0.25, 0.3) is 0 Å². The molecule has 1 aromatic heterocycles. The third-order valence-electron chi connectivity index (χ3n) is 5.97. The van der Waals surface area contributed by atoms with Crippen LogP contribution in [0.1, 0.15) is 30.4 Å². The van der Waals surface area contributed by atoms with Crippen LogP contribution >= 0.6 is 11.9 Å². The molecular formula is C22H32N6OS. The van der Waals surface area contributed by atoms with Gasteiger partial charge in [-0.1, -0.05) is 24.1 Å². The summed E-state index contributed by atoms with van der Waals surface area (Å²) >= 11 is 1.47. The van der Waals surface area contributed by atoms with Crippen molar-refractivity contribution in [2.24, 2.45) is 0 Å². The van der Waals surface area contributed by atoms with Crippen LogP contribution in [-0.4, -0.2) is 71.1 Å². The molecule has 3 heterocycles. The number of aromatic nitrogens is 2. The summed E-state index contributed by atoms with van der Waals surface area (Å²) in [5.41, 5.74) is 4.13. The summed E-state index contributed by atoms with van der Waals surface area (Å²) in [6.45, 7) is 8.68. The van der Waals surface area contributed by atoms with Crippen LogP contribution in [0.25, 0.3) is 0 Å². The smallest absolute Gasteiger partial charge is 0.344 e. The Kier molecular flexibility index (Phi) is 6.84. The summed E-state index contributed by atoms with van der Waals surface area (Å²) in [6, 6.07) is 8.64. The Morgan fingerprint density at radius 3 is 2.57 bits per heavy atom. The van der Waals surface area contributed by atoms with Crippen molar-refractivity contribution in [3.05, 3.63) is 41.6 Å². The van der Waals surface area contributed by atoms with E-state index in [1.165, 1.54) is 52.7 Å². The second-order valence-corrected chi connectivity index (χ2v) is 8.79. The van der Waals surface area contributed by atoms with Crippen molar-refractivity contribution in [2.45, 2.75) is 32.7 Å². The maximum absolute atomic E-state index is 12.7. The van der Waals surface area contributed by atoms with Crippen molar-refractivity contribution in [1.82, 2.24) is 19.6 Å². The van der Waals surface area contributed by atoms with Crippen molar-refractivity contribution in [3.63, 3.8) is 0 Å². The molecule has 0 saturated carbocycles. The van der Waals surface area contributed by atoms with Gasteiger partial charge in [0, 0.05) is 70.0 Å². The SMILES string of the molecule is CSNc1ccn(C(=O)N2CCN(Cc3ccc(C)cc3N3CCCCC3)CC2)n1. The first-order chi connectivity index (χ1) is 14.6. The Hall–Kier alpha value is -2.19. The number of hydrogen-bond donors (Lipinski definition) is 1. The fourth-order valence-corrected chi connectivity index (χ4v) is 4.63. The van der Waals surface area contributed by atoms with Gasteiger partial charge in [-0.25, -0.2) is 4.79 Å². The molecule has 2 aliphatic rings. The van der Waals surface area contributed by atoms with Gasteiger partial charge >= 0.3 is 6.03 Å². The summed E-state index contributed by atoms with van der Waals surface area (Å²) < 4.78 is 4.49. The monoisotopic (exact) mass is 428 g/mol. The zero-order valence-corrected chi connectivity index (χ0v) is 18.8. The average molecular weight is 429 g/mol. The van der Waals surface area contributed by atoms with Crippen LogP contribution in [0.5, 0.6) is 0 Å². The van der Waals surface area contributed by atoms with Crippen LogP contribution in [0.2, 0.25) is 0 Å². The molecule has 4 rings (SSSR count). The maximum Gasteiger partial charge on any atom is 0.344 e. The van der Waals surface area contributed by atoms with Crippen LogP contribution in [0, 0.1) is 6.92 Å². The largest absolute Gasteiger partial charge is 0.371 e. The predicted molar refractivity (Wildman–Crippen MR) is 124 cm³/mol. The molecule has 1 aromatic carbocycles. The lowest BCUT2D eigenvalue weighted by atomic mass is 10.0. The molecule has 162 valence electrons. The topological polar surface area (TPSA) is 56.6 Å². The number of hydrogen-bond acceptors (Lipinski definition) is 6. The normalized spacial score (nSPS) is 17.9. The first-order valence-corrected chi connectivity index (χ1v) is 12.1. The molecule has 1 amide bonds. The summed E-state index contributed by atoms with van der Waals surface area (Å²) in [5.74, 6) is 0.707. The van der Waals surface area contributed by atoms with Gasteiger partial charge in [-0.15, -0.1) is 5.10 Å². The zero-order chi connectivity index (χ0) is 20.9. The zero-order valence-electron chi connectivity index (χ0n) is 18.0. The number of aryl methyl sites for hydroxylation is 1. The number of nitrogens with one attached hydrogen (secondary N) is 1. The predicted octanol–water partition coefficient (Wildman–Crippen LogP) is 3.66. The average Bonchev–Trinajstić information content (AvgIpc) is 3.24. The molecule has 0 aliphatic carbocycles. The quantitative estimate of drug-likeness (QED) is 0.734. The highest BCUT2D eigenvalue weighted by Crippen LogP contribution is 2.27. The Morgan fingerprint density at radius 1 is 1.07 bits per heavy atom. The first kappa shape index (κ1) is 21.1. The van der Waals surface area contributed by atoms with Crippen molar-refractivity contribution in [1.29, 1.82) is 0 Å². The third-order valence-corrected chi connectivity index (χ3v) is 6.38. The van der Waals surface area contributed by atoms with Gasteiger partial charge in [-0.2, -0.15) is 4.68 Å². The number of rotatable bonds is 5. The van der Waals surface area contributed by atoms with E-state index in [0.717, 1.165) is 45.8 Å². The fourth-order valence-electron chi connectivity index (χ4n) is 4.31. The van der Waals surface area contributed by atoms with E-state index in [-0.39, 0.29) is 6.03 Å². The highest BCUT2D eigenvalue weighted by Gasteiger charge is 2.24. The summed E-state index contributed by atoms with van der Waals surface area (Å²) in [5, 5.41) is 4.31. The van der Waals surface area contributed by atoms with Crippen LogP contribution in [0.4, 0.5) is 16.3 Å². The second-order valence-electron chi connectivity index (χ2n) is 8.18. The Morgan fingerprint density at radius 2 is 1.83 bits per heavy atom. The first-order valence-electron chi connectivity index (χ1n) is 10.8. The van der Waals surface area contributed by atoms with Crippen LogP contribution < -0.4 is 9.62 Å². The lowest BCUT2D eigenvalue weighted by Crippen LogP contribution is -2.49. The van der Waals surface area contributed by atoms with E-state index >= 15 is 0 Å². The van der Waals surface area contributed by atoms with E-state index in [1.807, 2.05) is 17.2 Å². The van der Waals surface area contributed by atoms with E-state index < -0.39 is 0 Å². The maximum atomic E-state index is 12.7. The number of amides is 1. The van der Waals surface area contributed by atoms with Crippen molar-refractivity contribution < 1.29 is 4.79 Å². The number of carbonyl (C=O) groups is 1. The molecule has 2 aliphatic heterocycles. The van der Waals surface area contributed by atoms with Crippen LogP contribution in [-0.2, 0) is 6.54 Å². The lowest BCUT2D eigenvalue weighted by Gasteiger charge is -2.36. The van der Waals surface area contributed by atoms with Gasteiger partial charge in [0.15, 0.2) is 5.82 Å². The molecule has 2 aromatic rings. The summed E-state index contributed by atoms with van der Waals surface area (Å²) in [6.07, 6.45) is 7.58. The van der Waals surface area contributed by atoms with Crippen LogP contribution in [0.3, 0.4) is 0 Å². The minimum atomic E-state index is -0.0480. The molecule has 0 spiro atoms. The molecule has 0 atom stereocenters. The van der Waals surface area contributed by atoms with Gasteiger partial charge in [0.2, 0.25) is 0 Å². The number of carbonyl (C=O) groups excluding carboxylic acids is 1. The Labute approximate surface area is 183 Å². The number of piperazine rings is 1. The molecule has 30 heavy (non-hydrogen) atoms. The highest BCUT2D eigenvalue weighted by molar-refractivity contribution is 7.99. The Balaban J connectivity index is 1.36. The molecule has 0 bridgehead atoms. The van der Waals surface area contributed by atoms with E-state index in [0.29, 0.717) is 5.82 Å². The van der Waals surface area contributed by atoms with Crippen molar-refractivity contribution in [3.8, 4) is 0 Å². The number of piperidine rings is 1. The van der Waals surface area contributed by atoms with E-state index in [4.69, 9.17) is 0 Å². The van der Waals surface area contributed by atoms with Gasteiger partial charge in [-0.3, -0.25) is 4.90 Å². The number of benzene rings is 1. The van der Waals surface area contributed by atoms with Crippen LogP contribution in [0.15, 0.2) is 30.5 Å². The van der Waals surface area contributed by atoms with E-state index in [9.17, 15) is 4.79 Å². The fraction of sp³-hybridized carbons (Fsp3) is 0.545. The standard InChI is InChI=1S/C22H32N6OS/c1-18-6-7-19(20(16-18)26-9-4-3-5-10-26)17-25-12-14-27(15-13-25)22(29)28-11-8-21(23-28)24-30-2/h6-8,11,16H,3-5,9-10,12-15,17H2,1-2H3,(H,23,24). The van der Waals surface area contributed by atoms with E-state index in [1.54, 1.807) is 6.20 Å². The summed E-state index contributed by atoms with van der Waals surface area (Å²) in [4.78, 5) is 19.7.